The molecule has 0 spiro atoms. The molecule has 0 amide bonds. The van der Waals surface area contributed by atoms with Crippen molar-refractivity contribution in [2.75, 3.05) is 0 Å². The Morgan fingerprint density at radius 2 is 0.724 bits per heavy atom. The van der Waals surface area contributed by atoms with E-state index in [1.807, 2.05) is 0 Å². The fourth-order valence-electron chi connectivity index (χ4n) is 1.63. The van der Waals surface area contributed by atoms with Crippen LogP contribution in [0.5, 0.6) is 0 Å². The van der Waals surface area contributed by atoms with Gasteiger partial charge in [-0.2, -0.15) is 65.9 Å². The topological polar surface area (TPSA) is 57.2 Å². The lowest BCUT2D eigenvalue weighted by atomic mass is 9.86. The molecule has 0 fully saturated rings. The quantitative estimate of drug-likeness (QED) is 0.414. The molecule has 1 atom stereocenters. The fraction of sp³-hybridized carbons (Fsp3) is 1.00. The Hall–Kier alpha value is -1.28. The Bertz CT molecular complexity index is 713. The lowest BCUT2D eigenvalue weighted by Gasteiger charge is -2.46. The van der Waals surface area contributed by atoms with Crippen LogP contribution in [0.25, 0.3) is 0 Å². The van der Waals surface area contributed by atoms with Crippen molar-refractivity contribution in [2.45, 2.75) is 47.0 Å². The summed E-state index contributed by atoms with van der Waals surface area (Å²) >= 11 is 0. The minimum absolute atomic E-state index is 8.09. The van der Waals surface area contributed by atoms with E-state index >= 15 is 0 Å². The van der Waals surface area contributed by atoms with Crippen LogP contribution in [0.1, 0.15) is 0 Å². The highest BCUT2D eigenvalue weighted by atomic mass is 32.2. The average Bonchev–Trinajstić information content (AvgIpc) is 2.39. The van der Waals surface area contributed by atoms with Gasteiger partial charge in [0.15, 0.2) is 0 Å². The summed E-state index contributed by atoms with van der Waals surface area (Å²) in [7, 11) is -8.92. The van der Waals surface area contributed by atoms with Gasteiger partial charge in [0, 0.05) is 0 Å². The van der Waals surface area contributed by atoms with Crippen molar-refractivity contribution in [3.8, 4) is 0 Å². The van der Waals surface area contributed by atoms with Crippen LogP contribution in [0.3, 0.4) is 0 Å². The number of alkyl halides is 17. The molecule has 0 saturated heterocycles. The van der Waals surface area contributed by atoms with E-state index in [0.29, 0.717) is 0 Å². The van der Waals surface area contributed by atoms with Gasteiger partial charge in [-0.15, -0.1) is 0 Å². The Kier molecular flexibility index (Phi) is 6.08. The lowest BCUT2D eigenvalue weighted by molar-refractivity contribution is -0.446. The van der Waals surface area contributed by atoms with Crippen LogP contribution in [0.15, 0.2) is 0 Å². The third-order valence-corrected chi connectivity index (χ3v) is 4.32. The summed E-state index contributed by atoms with van der Waals surface area (Å²) in [5, 5.41) is -8.78. The van der Waals surface area contributed by atoms with E-state index in [0.717, 1.165) is 0 Å². The van der Waals surface area contributed by atoms with Crippen molar-refractivity contribution in [2.24, 2.45) is 0 Å². The molecule has 0 N–H and O–H groups in total. The fourth-order valence-corrected chi connectivity index (χ4v) is 2.50. The molecule has 29 heavy (non-hydrogen) atoms. The van der Waals surface area contributed by atoms with Gasteiger partial charge < -0.3 is 4.55 Å². The second-order valence-electron chi connectivity index (χ2n) is 4.92. The van der Waals surface area contributed by atoms with Crippen molar-refractivity contribution in [1.29, 1.82) is 0 Å². The molecule has 0 heterocycles. The van der Waals surface area contributed by atoms with Gasteiger partial charge in [0.1, 0.15) is 10.1 Å². The Morgan fingerprint density at radius 3 is 0.897 bits per heavy atom. The zero-order chi connectivity index (χ0) is 24.5. The smallest absolute Gasteiger partial charge is 0.458 e. The first-order chi connectivity index (χ1) is 12.0. The summed E-state index contributed by atoms with van der Waals surface area (Å²) in [6.07, 6.45) is -24.8. The first-order valence-corrected chi connectivity index (χ1v) is 7.08. The first kappa shape index (κ1) is 27.7. The first-order valence-electron chi connectivity index (χ1n) is 5.67. The monoisotopic (exact) mass is 499 g/mol. The molecule has 0 rings (SSSR count). The number of hydrogen-bond acceptors (Lipinski definition) is 3. The van der Waals surface area contributed by atoms with Gasteiger partial charge in [0.25, 0.3) is 0 Å². The number of hydrogen-bond donors (Lipinski definition) is 0. The number of halogens is 17. The maximum absolute atomic E-state index is 13.7. The Balaban J connectivity index is 7.55. The van der Waals surface area contributed by atoms with Crippen LogP contribution in [0.2, 0.25) is 0 Å². The van der Waals surface area contributed by atoms with Crippen molar-refractivity contribution in [3.63, 3.8) is 0 Å². The summed E-state index contributed by atoms with van der Waals surface area (Å²) in [6, 6.07) is 0. The minimum Gasteiger partial charge on any atom is -0.745 e. The summed E-state index contributed by atoms with van der Waals surface area (Å²) in [4.78, 5) is 0. The molecule has 0 aliphatic heterocycles. The zero-order valence-electron chi connectivity index (χ0n) is 12.1. The molecule has 0 radical (unpaired) electrons. The second-order valence-corrected chi connectivity index (χ2v) is 6.40. The average molecular weight is 499 g/mol. The standard InChI is InChI=1S/C8HF17O3S/c9-1(6(17,18)19,7(20,21)22)2(10,11)3(12,13)5(16,29(26,27)28)4(14,15)8(23,24)25/h(H,26,27,28)/p-1. The van der Waals surface area contributed by atoms with Crippen LogP contribution in [-0.2, 0) is 10.1 Å². The summed E-state index contributed by atoms with van der Waals surface area (Å²) in [5.74, 6) is -26.8. The van der Waals surface area contributed by atoms with E-state index in [1.54, 1.807) is 0 Å². The summed E-state index contributed by atoms with van der Waals surface area (Å²) in [6.45, 7) is 0. The van der Waals surface area contributed by atoms with Crippen molar-refractivity contribution in [1.82, 2.24) is 0 Å². The Labute approximate surface area is 146 Å². The third-order valence-electron chi connectivity index (χ3n) is 3.12. The predicted octanol–water partition coefficient (Wildman–Crippen LogP) is 4.50. The van der Waals surface area contributed by atoms with Gasteiger partial charge in [-0.25, -0.2) is 17.2 Å². The van der Waals surface area contributed by atoms with E-state index < -0.39 is 57.1 Å². The molecular formula is C8F17O3S-. The maximum atomic E-state index is 13.7. The molecular weight excluding hydrogens is 499 g/mol. The summed E-state index contributed by atoms with van der Waals surface area (Å²) in [5.41, 5.74) is -8.81. The minimum atomic E-state index is -9.11. The van der Waals surface area contributed by atoms with Crippen LogP contribution in [-0.4, -0.2) is 59.9 Å². The predicted molar refractivity (Wildman–Crippen MR) is 50.4 cm³/mol. The lowest BCUT2D eigenvalue weighted by Crippen LogP contribution is -2.79. The number of rotatable bonds is 5. The van der Waals surface area contributed by atoms with E-state index in [9.17, 15) is 87.6 Å². The highest BCUT2D eigenvalue weighted by Gasteiger charge is 2.98. The van der Waals surface area contributed by atoms with Gasteiger partial charge in [0.05, 0.1) is 0 Å². The molecule has 1 unspecified atom stereocenters. The molecule has 21 heteroatoms. The van der Waals surface area contributed by atoms with Crippen molar-refractivity contribution < 1.29 is 87.6 Å². The van der Waals surface area contributed by atoms with Gasteiger partial charge in [-0.1, -0.05) is 0 Å². The summed E-state index contributed by atoms with van der Waals surface area (Å²) < 4.78 is 246. The van der Waals surface area contributed by atoms with Gasteiger partial charge in [0.2, 0.25) is 0 Å². The molecule has 0 aliphatic rings. The van der Waals surface area contributed by atoms with Gasteiger partial charge in [-0.05, 0) is 0 Å². The molecule has 176 valence electrons. The maximum Gasteiger partial charge on any atom is 0.458 e. The molecule has 0 aliphatic carbocycles. The van der Waals surface area contributed by atoms with Crippen LogP contribution < -0.4 is 0 Å². The highest BCUT2D eigenvalue weighted by molar-refractivity contribution is 7.87. The van der Waals surface area contributed by atoms with Gasteiger partial charge in [-0.3, -0.25) is 0 Å². The molecule has 0 aromatic carbocycles. The van der Waals surface area contributed by atoms with Crippen LogP contribution in [0.4, 0.5) is 74.6 Å². The second kappa shape index (κ2) is 6.36. The molecule has 0 aromatic heterocycles. The molecule has 0 bridgehead atoms. The normalized spacial score (nSPS) is 18.6. The van der Waals surface area contributed by atoms with E-state index in [4.69, 9.17) is 0 Å². The Morgan fingerprint density at radius 1 is 0.448 bits per heavy atom. The highest BCUT2D eigenvalue weighted by Crippen LogP contribution is 2.65. The largest absolute Gasteiger partial charge is 0.745 e. The molecule has 3 nitrogen and oxygen atoms in total. The van der Waals surface area contributed by atoms with E-state index in [2.05, 4.69) is 0 Å². The van der Waals surface area contributed by atoms with Crippen molar-refractivity contribution in [3.05, 3.63) is 0 Å². The molecule has 0 saturated carbocycles. The van der Waals surface area contributed by atoms with E-state index in [1.165, 1.54) is 0 Å². The third kappa shape index (κ3) is 3.26. The molecule has 0 aromatic rings. The van der Waals surface area contributed by atoms with Crippen LogP contribution >= 0.6 is 0 Å². The van der Waals surface area contributed by atoms with Gasteiger partial charge >= 0.3 is 47.0 Å². The zero-order valence-corrected chi connectivity index (χ0v) is 12.9. The SMILES string of the molecule is O=S(=O)([O-])C(F)(C(F)(F)C(F)(F)F)C(F)(F)C(F)(F)C(F)(C(F)(F)F)C(F)(F)F. The van der Waals surface area contributed by atoms with E-state index in [-0.39, 0.29) is 0 Å². The van der Waals surface area contributed by atoms with Crippen LogP contribution in [0, 0.1) is 0 Å². The van der Waals surface area contributed by atoms with Crippen molar-refractivity contribution >= 4 is 10.1 Å².